The maximum Gasteiger partial charge on any atom is 0.261 e. The highest BCUT2D eigenvalue weighted by atomic mass is 32.2. The first-order valence-electron chi connectivity index (χ1n) is 10.1. The highest BCUT2D eigenvalue weighted by Crippen LogP contribution is 2.30. The Balaban J connectivity index is 1.35. The number of rotatable bonds is 7. The predicted molar refractivity (Wildman–Crippen MR) is 114 cm³/mol. The lowest BCUT2D eigenvalue weighted by molar-refractivity contribution is 0.0654. The van der Waals surface area contributed by atoms with Crippen LogP contribution in [0, 0.1) is 0 Å². The zero-order valence-corrected chi connectivity index (χ0v) is 18.3. The third-order valence-corrected chi connectivity index (χ3v) is 9.13. The molecule has 9 heteroatoms. The molecular weight excluding hydrogens is 410 g/mol. The molecule has 0 unspecified atom stereocenters. The topological polar surface area (TPSA) is 78.0 Å². The van der Waals surface area contributed by atoms with Gasteiger partial charge in [-0.15, -0.1) is 0 Å². The molecule has 2 fully saturated rings. The van der Waals surface area contributed by atoms with Crippen LogP contribution >= 0.6 is 11.8 Å². The number of benzene rings is 1. The van der Waals surface area contributed by atoms with Gasteiger partial charge < -0.3 is 0 Å². The van der Waals surface area contributed by atoms with Crippen LogP contribution < -0.4 is 0 Å². The monoisotopic (exact) mass is 437 g/mol. The van der Waals surface area contributed by atoms with Gasteiger partial charge in [0.15, 0.2) is 0 Å². The lowest BCUT2D eigenvalue weighted by atomic mass is 10.1. The SMILES string of the molecule is CS[C@H]1CN(S(=O)(=O)CCCN2C(=O)c3ccccc3C2=O)C[C@@H]1N1CCCC1. The van der Waals surface area contributed by atoms with E-state index in [2.05, 4.69) is 4.90 Å². The van der Waals surface area contributed by atoms with Crippen molar-refractivity contribution in [2.75, 3.05) is 44.7 Å². The first-order valence-corrected chi connectivity index (χ1v) is 13.0. The van der Waals surface area contributed by atoms with E-state index in [4.69, 9.17) is 0 Å². The van der Waals surface area contributed by atoms with Gasteiger partial charge in [0.1, 0.15) is 0 Å². The van der Waals surface area contributed by atoms with E-state index in [1.807, 2.05) is 6.26 Å². The highest BCUT2D eigenvalue weighted by Gasteiger charge is 2.42. The first-order chi connectivity index (χ1) is 13.9. The smallest absolute Gasteiger partial charge is 0.261 e. The average Bonchev–Trinajstić information content (AvgIpc) is 3.43. The summed E-state index contributed by atoms with van der Waals surface area (Å²) in [6.45, 7) is 3.31. The molecule has 2 amide bonds. The fourth-order valence-electron chi connectivity index (χ4n) is 4.58. The van der Waals surface area contributed by atoms with Crippen molar-refractivity contribution >= 4 is 33.6 Å². The second kappa shape index (κ2) is 8.37. The van der Waals surface area contributed by atoms with Crippen molar-refractivity contribution in [3.05, 3.63) is 35.4 Å². The number of amides is 2. The van der Waals surface area contributed by atoms with Gasteiger partial charge in [-0.3, -0.25) is 19.4 Å². The zero-order valence-electron chi connectivity index (χ0n) is 16.6. The van der Waals surface area contributed by atoms with Gasteiger partial charge in [0.25, 0.3) is 11.8 Å². The summed E-state index contributed by atoms with van der Waals surface area (Å²) in [4.78, 5) is 28.5. The quantitative estimate of drug-likeness (QED) is 0.602. The summed E-state index contributed by atoms with van der Waals surface area (Å²) < 4.78 is 27.4. The molecule has 4 rings (SSSR count). The molecule has 0 aliphatic carbocycles. The molecular formula is C20H27N3O4S2. The highest BCUT2D eigenvalue weighted by molar-refractivity contribution is 7.99. The fourth-order valence-corrected chi connectivity index (χ4v) is 7.10. The van der Waals surface area contributed by atoms with Crippen molar-refractivity contribution in [2.24, 2.45) is 0 Å². The van der Waals surface area contributed by atoms with Crippen molar-refractivity contribution in [3.8, 4) is 0 Å². The summed E-state index contributed by atoms with van der Waals surface area (Å²) >= 11 is 1.74. The molecule has 158 valence electrons. The standard InChI is InChI=1S/C20H27N3O4S2/c1-28-18-14-22(13-17(18)21-9-4-5-10-21)29(26,27)12-6-11-23-19(24)15-7-2-3-8-16(15)20(23)25/h2-3,7-8,17-18H,4-6,9-14H2,1H3/t17-,18-/m0/s1. The number of likely N-dealkylation sites (tertiary alicyclic amines) is 1. The summed E-state index contributed by atoms with van der Waals surface area (Å²) in [7, 11) is -3.42. The van der Waals surface area contributed by atoms with E-state index in [0.29, 0.717) is 29.5 Å². The Labute approximate surface area is 176 Å². The van der Waals surface area contributed by atoms with Gasteiger partial charge in [0.05, 0.1) is 16.9 Å². The molecule has 3 heterocycles. The van der Waals surface area contributed by atoms with Crippen molar-refractivity contribution in [3.63, 3.8) is 0 Å². The van der Waals surface area contributed by atoms with Crippen LogP contribution in [0.25, 0.3) is 0 Å². The number of hydrogen-bond acceptors (Lipinski definition) is 6. The molecule has 3 aliphatic heterocycles. The van der Waals surface area contributed by atoms with Crippen LogP contribution in [0.5, 0.6) is 0 Å². The number of hydrogen-bond donors (Lipinski definition) is 0. The maximum absolute atomic E-state index is 12.9. The molecule has 2 atom stereocenters. The normalized spacial score (nSPS) is 25.9. The third kappa shape index (κ3) is 3.97. The van der Waals surface area contributed by atoms with Crippen molar-refractivity contribution in [1.82, 2.24) is 14.1 Å². The number of fused-ring (bicyclic) bond motifs is 1. The van der Waals surface area contributed by atoms with Crippen molar-refractivity contribution < 1.29 is 18.0 Å². The molecule has 0 aromatic heterocycles. The van der Waals surface area contributed by atoms with Gasteiger partial charge in [-0.2, -0.15) is 16.1 Å². The summed E-state index contributed by atoms with van der Waals surface area (Å²) in [5.41, 5.74) is 0.798. The number of carbonyl (C=O) groups is 2. The lowest BCUT2D eigenvalue weighted by Gasteiger charge is -2.27. The van der Waals surface area contributed by atoms with Gasteiger partial charge in [0.2, 0.25) is 10.0 Å². The van der Waals surface area contributed by atoms with Gasteiger partial charge in [-0.05, 0) is 50.7 Å². The van der Waals surface area contributed by atoms with E-state index in [0.717, 1.165) is 13.1 Å². The zero-order chi connectivity index (χ0) is 20.6. The van der Waals surface area contributed by atoms with E-state index in [1.165, 1.54) is 17.7 Å². The Morgan fingerprint density at radius 2 is 1.66 bits per heavy atom. The maximum atomic E-state index is 12.9. The molecule has 1 aromatic carbocycles. The van der Waals surface area contributed by atoms with E-state index in [1.54, 1.807) is 40.3 Å². The van der Waals surface area contributed by atoms with Gasteiger partial charge in [0, 0.05) is 30.9 Å². The van der Waals surface area contributed by atoms with Crippen LogP contribution in [-0.2, 0) is 10.0 Å². The third-order valence-electron chi connectivity index (χ3n) is 6.17. The van der Waals surface area contributed by atoms with Crippen molar-refractivity contribution in [2.45, 2.75) is 30.6 Å². The molecule has 0 saturated carbocycles. The number of nitrogens with zero attached hydrogens (tertiary/aromatic N) is 3. The molecule has 3 aliphatic rings. The van der Waals surface area contributed by atoms with Crippen LogP contribution in [0.15, 0.2) is 24.3 Å². The summed E-state index contributed by atoms with van der Waals surface area (Å²) in [5, 5.41) is 0.291. The number of sulfonamides is 1. The van der Waals surface area contributed by atoms with Crippen LogP contribution in [0.2, 0.25) is 0 Å². The minimum atomic E-state index is -3.42. The molecule has 0 spiro atoms. The Hall–Kier alpha value is -1.42. The van der Waals surface area contributed by atoms with Crippen LogP contribution in [0.3, 0.4) is 0 Å². The van der Waals surface area contributed by atoms with Gasteiger partial charge >= 0.3 is 0 Å². The lowest BCUT2D eigenvalue weighted by Crippen LogP contribution is -2.41. The molecule has 2 saturated heterocycles. The Morgan fingerprint density at radius 1 is 1.03 bits per heavy atom. The number of imide groups is 1. The molecule has 1 aromatic rings. The van der Waals surface area contributed by atoms with Gasteiger partial charge in [-0.25, -0.2) is 8.42 Å². The number of carbonyl (C=O) groups excluding carboxylic acids is 2. The average molecular weight is 438 g/mol. The van der Waals surface area contributed by atoms with Crippen LogP contribution in [-0.4, -0.2) is 90.4 Å². The first kappa shape index (κ1) is 20.8. The summed E-state index contributed by atoms with van der Waals surface area (Å²) in [6.07, 6.45) is 4.67. The second-order valence-electron chi connectivity index (χ2n) is 7.88. The minimum absolute atomic E-state index is 0.0474. The number of thioether (sulfide) groups is 1. The van der Waals surface area contributed by atoms with E-state index in [9.17, 15) is 18.0 Å². The molecule has 0 N–H and O–H groups in total. The largest absolute Gasteiger partial charge is 0.298 e. The van der Waals surface area contributed by atoms with Crippen molar-refractivity contribution in [1.29, 1.82) is 0 Å². The summed E-state index contributed by atoms with van der Waals surface area (Å²) in [5.74, 6) is -0.713. The van der Waals surface area contributed by atoms with Gasteiger partial charge in [-0.1, -0.05) is 12.1 Å². The van der Waals surface area contributed by atoms with Crippen LogP contribution in [0.1, 0.15) is 40.0 Å². The second-order valence-corrected chi connectivity index (χ2v) is 11.0. The Kier molecular flexibility index (Phi) is 6.02. The predicted octanol–water partition coefficient (Wildman–Crippen LogP) is 1.51. The molecule has 29 heavy (non-hydrogen) atoms. The summed E-state index contributed by atoms with van der Waals surface area (Å²) in [6, 6.07) is 7.00. The molecule has 0 bridgehead atoms. The Morgan fingerprint density at radius 3 is 2.24 bits per heavy atom. The van der Waals surface area contributed by atoms with E-state index < -0.39 is 10.0 Å². The Bertz CT molecular complexity index is 864. The molecule has 0 radical (unpaired) electrons. The van der Waals surface area contributed by atoms with Crippen LogP contribution in [0.4, 0.5) is 0 Å². The van der Waals surface area contributed by atoms with E-state index in [-0.39, 0.29) is 36.6 Å². The minimum Gasteiger partial charge on any atom is -0.298 e. The van der Waals surface area contributed by atoms with E-state index >= 15 is 0 Å². The fraction of sp³-hybridized carbons (Fsp3) is 0.600. The molecule has 7 nitrogen and oxygen atoms in total.